The highest BCUT2D eigenvalue weighted by atomic mass is 16.7. The van der Waals surface area contributed by atoms with Crippen LogP contribution in [0.1, 0.15) is 24.5 Å². The van der Waals surface area contributed by atoms with Crippen LogP contribution in [0.15, 0.2) is 48.5 Å². The van der Waals surface area contributed by atoms with Crippen LogP contribution in [0.3, 0.4) is 0 Å². The maximum absolute atomic E-state index is 5.55. The Kier molecular flexibility index (Phi) is 4.41. The maximum atomic E-state index is 5.55. The van der Waals surface area contributed by atoms with Crippen LogP contribution < -0.4 is 14.8 Å². The van der Waals surface area contributed by atoms with Gasteiger partial charge in [-0.25, -0.2) is 0 Å². The van der Waals surface area contributed by atoms with Gasteiger partial charge >= 0.3 is 0 Å². The third-order valence-corrected chi connectivity index (χ3v) is 3.88. The molecule has 1 unspecified atom stereocenters. The molecule has 0 spiro atoms. The van der Waals surface area contributed by atoms with E-state index in [4.69, 9.17) is 9.47 Å². The quantitative estimate of drug-likeness (QED) is 0.880. The van der Waals surface area contributed by atoms with Gasteiger partial charge in [-0.05, 0) is 24.5 Å². The van der Waals surface area contributed by atoms with Crippen molar-refractivity contribution < 1.29 is 9.47 Å². The molecule has 0 amide bonds. The molecule has 21 heavy (non-hydrogen) atoms. The van der Waals surface area contributed by atoms with Crippen molar-refractivity contribution in [3.63, 3.8) is 0 Å². The molecule has 0 radical (unpaired) electrons. The molecule has 1 atom stereocenters. The molecule has 0 bridgehead atoms. The minimum atomic E-state index is 0.327. The number of fused-ring (bicyclic) bond motifs is 1. The van der Waals surface area contributed by atoms with Crippen LogP contribution in [0.5, 0.6) is 11.5 Å². The third kappa shape index (κ3) is 3.37. The van der Waals surface area contributed by atoms with Crippen molar-refractivity contribution >= 4 is 0 Å². The van der Waals surface area contributed by atoms with Crippen molar-refractivity contribution in [1.29, 1.82) is 0 Å². The summed E-state index contributed by atoms with van der Waals surface area (Å²) in [6.07, 6.45) is 2.14. The lowest BCUT2D eigenvalue weighted by molar-refractivity contribution is 0.173. The number of nitrogens with one attached hydrogen (secondary N) is 1. The van der Waals surface area contributed by atoms with Gasteiger partial charge in [0.15, 0.2) is 11.5 Å². The van der Waals surface area contributed by atoms with Gasteiger partial charge in [0.2, 0.25) is 6.79 Å². The van der Waals surface area contributed by atoms with E-state index >= 15 is 0 Å². The highest BCUT2D eigenvalue weighted by molar-refractivity contribution is 5.48. The van der Waals surface area contributed by atoms with E-state index in [-0.39, 0.29) is 0 Å². The SMILES string of the molecule is CCC(Cc1ccccc1)NCc1cccc2c1OCO2. The van der Waals surface area contributed by atoms with E-state index in [1.807, 2.05) is 12.1 Å². The summed E-state index contributed by atoms with van der Waals surface area (Å²) < 4.78 is 11.0. The van der Waals surface area contributed by atoms with Gasteiger partial charge in [-0.2, -0.15) is 0 Å². The smallest absolute Gasteiger partial charge is 0.231 e. The number of ether oxygens (including phenoxy) is 2. The van der Waals surface area contributed by atoms with E-state index in [1.165, 1.54) is 5.56 Å². The molecule has 0 fully saturated rings. The van der Waals surface area contributed by atoms with Crippen molar-refractivity contribution in [3.8, 4) is 11.5 Å². The van der Waals surface area contributed by atoms with E-state index in [9.17, 15) is 0 Å². The molecule has 0 aliphatic carbocycles. The first-order chi connectivity index (χ1) is 10.4. The van der Waals surface area contributed by atoms with Crippen LogP contribution >= 0.6 is 0 Å². The summed E-state index contributed by atoms with van der Waals surface area (Å²) in [6.45, 7) is 3.35. The molecule has 0 aromatic heterocycles. The first-order valence-electron chi connectivity index (χ1n) is 7.51. The van der Waals surface area contributed by atoms with E-state index in [1.54, 1.807) is 0 Å². The average Bonchev–Trinajstić information content (AvgIpc) is 3.01. The minimum Gasteiger partial charge on any atom is -0.454 e. The summed E-state index contributed by atoms with van der Waals surface area (Å²) in [6, 6.07) is 17.1. The molecule has 1 N–H and O–H groups in total. The predicted molar refractivity (Wildman–Crippen MR) is 83.6 cm³/mol. The van der Waals surface area contributed by atoms with Gasteiger partial charge in [0.25, 0.3) is 0 Å². The Bertz CT molecular complexity index is 583. The van der Waals surface area contributed by atoms with Crippen LogP contribution in [0.4, 0.5) is 0 Å². The van der Waals surface area contributed by atoms with Crippen LogP contribution in [-0.4, -0.2) is 12.8 Å². The fourth-order valence-corrected chi connectivity index (χ4v) is 2.64. The van der Waals surface area contributed by atoms with Crippen LogP contribution in [0.2, 0.25) is 0 Å². The second kappa shape index (κ2) is 6.64. The van der Waals surface area contributed by atoms with Crippen molar-refractivity contribution in [2.45, 2.75) is 32.4 Å². The van der Waals surface area contributed by atoms with Gasteiger partial charge in [0.1, 0.15) is 0 Å². The van der Waals surface area contributed by atoms with E-state index in [0.717, 1.165) is 36.4 Å². The lowest BCUT2D eigenvalue weighted by Crippen LogP contribution is -2.30. The van der Waals surface area contributed by atoms with Crippen molar-refractivity contribution in [2.24, 2.45) is 0 Å². The largest absolute Gasteiger partial charge is 0.454 e. The Hall–Kier alpha value is -2.00. The van der Waals surface area contributed by atoms with E-state index in [2.05, 4.69) is 48.6 Å². The fraction of sp³-hybridized carbons (Fsp3) is 0.333. The number of rotatable bonds is 6. The molecule has 110 valence electrons. The van der Waals surface area contributed by atoms with E-state index < -0.39 is 0 Å². The molecular weight excluding hydrogens is 262 g/mol. The number of benzene rings is 2. The van der Waals surface area contributed by atoms with Crippen molar-refractivity contribution in [3.05, 3.63) is 59.7 Å². The maximum Gasteiger partial charge on any atom is 0.231 e. The van der Waals surface area contributed by atoms with Gasteiger partial charge in [-0.1, -0.05) is 49.4 Å². The zero-order chi connectivity index (χ0) is 14.5. The lowest BCUT2D eigenvalue weighted by Gasteiger charge is -2.17. The molecule has 3 nitrogen and oxygen atoms in total. The lowest BCUT2D eigenvalue weighted by atomic mass is 10.0. The molecule has 0 saturated carbocycles. The number of para-hydroxylation sites is 1. The molecule has 1 heterocycles. The standard InChI is InChI=1S/C18H21NO2/c1-2-16(11-14-7-4-3-5-8-14)19-12-15-9-6-10-17-18(15)21-13-20-17/h3-10,16,19H,2,11-13H2,1H3. The van der Waals surface area contributed by atoms with E-state index in [0.29, 0.717) is 12.8 Å². The van der Waals surface area contributed by atoms with Gasteiger partial charge < -0.3 is 14.8 Å². The summed E-state index contributed by atoms with van der Waals surface area (Å²) in [5, 5.41) is 3.63. The summed E-state index contributed by atoms with van der Waals surface area (Å²) in [4.78, 5) is 0. The summed E-state index contributed by atoms with van der Waals surface area (Å²) in [7, 11) is 0. The minimum absolute atomic E-state index is 0.327. The molecule has 0 saturated heterocycles. The normalized spacial score (nSPS) is 14.1. The topological polar surface area (TPSA) is 30.5 Å². The van der Waals surface area contributed by atoms with Crippen LogP contribution in [-0.2, 0) is 13.0 Å². The molecule has 2 aromatic rings. The zero-order valence-electron chi connectivity index (χ0n) is 12.3. The second-order valence-corrected chi connectivity index (χ2v) is 5.33. The fourth-order valence-electron chi connectivity index (χ4n) is 2.64. The second-order valence-electron chi connectivity index (χ2n) is 5.33. The molecule has 3 heteroatoms. The molecular formula is C18H21NO2. The zero-order valence-corrected chi connectivity index (χ0v) is 12.3. The first kappa shape index (κ1) is 14.0. The van der Waals surface area contributed by atoms with Gasteiger partial charge in [-0.15, -0.1) is 0 Å². The monoisotopic (exact) mass is 283 g/mol. The summed E-state index contributed by atoms with van der Waals surface area (Å²) in [5.41, 5.74) is 2.53. The Morgan fingerprint density at radius 3 is 2.71 bits per heavy atom. The highest BCUT2D eigenvalue weighted by Gasteiger charge is 2.17. The van der Waals surface area contributed by atoms with Crippen LogP contribution in [0.25, 0.3) is 0 Å². The Morgan fingerprint density at radius 2 is 1.90 bits per heavy atom. The summed E-state index contributed by atoms with van der Waals surface area (Å²) >= 11 is 0. The van der Waals surface area contributed by atoms with Crippen LogP contribution in [0, 0.1) is 0 Å². The van der Waals surface area contributed by atoms with Crippen molar-refractivity contribution in [2.75, 3.05) is 6.79 Å². The third-order valence-electron chi connectivity index (χ3n) is 3.88. The molecule has 1 aliphatic rings. The Balaban J connectivity index is 1.62. The molecule has 3 rings (SSSR count). The number of hydrogen-bond acceptors (Lipinski definition) is 3. The average molecular weight is 283 g/mol. The highest BCUT2D eigenvalue weighted by Crippen LogP contribution is 2.35. The summed E-state index contributed by atoms with van der Waals surface area (Å²) in [5.74, 6) is 1.74. The molecule has 2 aromatic carbocycles. The van der Waals surface area contributed by atoms with Gasteiger partial charge in [0, 0.05) is 18.2 Å². The van der Waals surface area contributed by atoms with Crippen molar-refractivity contribution in [1.82, 2.24) is 5.32 Å². The Morgan fingerprint density at radius 1 is 1.05 bits per heavy atom. The number of hydrogen-bond donors (Lipinski definition) is 1. The Labute approximate surface area is 125 Å². The van der Waals surface area contributed by atoms with Gasteiger partial charge in [0.05, 0.1) is 0 Å². The molecule has 1 aliphatic heterocycles. The first-order valence-corrected chi connectivity index (χ1v) is 7.51. The van der Waals surface area contributed by atoms with Gasteiger partial charge in [-0.3, -0.25) is 0 Å². The predicted octanol–water partition coefficient (Wildman–Crippen LogP) is 3.53.